The van der Waals surface area contributed by atoms with Crippen LogP contribution in [0.25, 0.3) is 0 Å². The number of nitrogens with one attached hydrogen (secondary N) is 1. The fraction of sp³-hybridized carbons (Fsp3) is 0.348. The van der Waals surface area contributed by atoms with Crippen molar-refractivity contribution < 1.29 is 19.4 Å². The van der Waals surface area contributed by atoms with Gasteiger partial charge in [-0.1, -0.05) is 42.5 Å². The summed E-state index contributed by atoms with van der Waals surface area (Å²) in [5.41, 5.74) is 2.16. The normalized spacial score (nSPS) is 18.6. The Kier molecular flexibility index (Phi) is 8.52. The first-order chi connectivity index (χ1) is 14.2. The summed E-state index contributed by atoms with van der Waals surface area (Å²) in [6, 6.07) is 18.1. The molecule has 0 bridgehead atoms. The van der Waals surface area contributed by atoms with Crippen molar-refractivity contribution in [2.45, 2.75) is 38.0 Å². The largest absolute Gasteiger partial charge is 0.459 e. The Balaban J connectivity index is 1.66. The maximum absolute atomic E-state index is 12.7. The second kappa shape index (κ2) is 11.3. The van der Waals surface area contributed by atoms with Crippen molar-refractivity contribution in [2.24, 2.45) is 0 Å². The zero-order chi connectivity index (χ0) is 20.5. The Morgan fingerprint density at radius 3 is 2.62 bits per heavy atom. The van der Waals surface area contributed by atoms with Gasteiger partial charge in [0.15, 0.2) is 5.76 Å². The molecule has 0 spiro atoms. The topological polar surface area (TPSA) is 67.8 Å². The van der Waals surface area contributed by atoms with Crippen molar-refractivity contribution in [2.75, 3.05) is 13.2 Å². The van der Waals surface area contributed by atoms with E-state index in [9.17, 15) is 4.79 Å². The molecule has 1 aliphatic rings. The molecular formula is C23H26INO4. The standard InChI is InChI=1S/C23H26INO4/c24-20-10-8-17(9-11-20)16-25-23(27)21-14-19(18-6-2-1-3-7-18)15-22(29-21)28-13-5-4-12-26/h1-3,6-11,14,19,22,26H,4-5,12-13,15-16H2,(H,25,27)/t19-,22+/m1/s1. The Hall–Kier alpha value is -1.90. The van der Waals surface area contributed by atoms with Crippen LogP contribution in [-0.2, 0) is 20.8 Å². The van der Waals surface area contributed by atoms with Crippen LogP contribution in [-0.4, -0.2) is 30.5 Å². The van der Waals surface area contributed by atoms with Crippen molar-refractivity contribution in [3.63, 3.8) is 0 Å². The average molecular weight is 507 g/mol. The van der Waals surface area contributed by atoms with Crippen LogP contribution in [0.1, 0.15) is 36.3 Å². The number of aliphatic hydroxyl groups excluding tert-OH is 1. The lowest BCUT2D eigenvalue weighted by atomic mass is 9.93. The monoisotopic (exact) mass is 507 g/mol. The van der Waals surface area contributed by atoms with Crippen LogP contribution in [0.4, 0.5) is 0 Å². The molecule has 1 aliphatic heterocycles. The summed E-state index contributed by atoms with van der Waals surface area (Å²) in [4.78, 5) is 12.7. The lowest BCUT2D eigenvalue weighted by molar-refractivity contribution is -0.146. The van der Waals surface area contributed by atoms with Crippen molar-refractivity contribution >= 4 is 28.5 Å². The van der Waals surface area contributed by atoms with E-state index in [0.29, 0.717) is 31.8 Å². The molecule has 5 nitrogen and oxygen atoms in total. The van der Waals surface area contributed by atoms with E-state index >= 15 is 0 Å². The summed E-state index contributed by atoms with van der Waals surface area (Å²) in [6.07, 6.45) is 3.49. The minimum Gasteiger partial charge on any atom is -0.459 e. The van der Waals surface area contributed by atoms with Crippen LogP contribution in [0.5, 0.6) is 0 Å². The number of hydrogen-bond acceptors (Lipinski definition) is 4. The number of rotatable bonds is 9. The first-order valence-corrected chi connectivity index (χ1v) is 10.9. The SMILES string of the molecule is O=C(NCc1ccc(I)cc1)C1=C[C@@H](c2ccccc2)C[C@@H](OCCCCO)O1. The van der Waals surface area contributed by atoms with E-state index in [1.165, 1.54) is 0 Å². The van der Waals surface area contributed by atoms with E-state index in [2.05, 4.69) is 40.0 Å². The molecule has 0 saturated carbocycles. The van der Waals surface area contributed by atoms with E-state index in [-0.39, 0.29) is 18.4 Å². The van der Waals surface area contributed by atoms with Crippen LogP contribution in [0, 0.1) is 3.57 Å². The fourth-order valence-electron chi connectivity index (χ4n) is 3.15. The number of unbranched alkanes of at least 4 members (excludes halogenated alkanes) is 1. The summed E-state index contributed by atoms with van der Waals surface area (Å²) in [5.74, 6) is 0.0998. The molecule has 6 heteroatoms. The maximum Gasteiger partial charge on any atom is 0.286 e. The highest BCUT2D eigenvalue weighted by atomic mass is 127. The number of carbonyl (C=O) groups excluding carboxylic acids is 1. The highest BCUT2D eigenvalue weighted by molar-refractivity contribution is 14.1. The second-order valence-electron chi connectivity index (χ2n) is 6.94. The van der Waals surface area contributed by atoms with Crippen LogP contribution < -0.4 is 5.32 Å². The van der Waals surface area contributed by atoms with Gasteiger partial charge in [0.05, 0.1) is 6.61 Å². The predicted molar refractivity (Wildman–Crippen MR) is 120 cm³/mol. The Labute approximate surface area is 185 Å². The van der Waals surface area contributed by atoms with Gasteiger partial charge < -0.3 is 19.9 Å². The predicted octanol–water partition coefficient (Wildman–Crippen LogP) is 4.11. The van der Waals surface area contributed by atoms with Crippen molar-refractivity contribution in [3.05, 3.63) is 81.1 Å². The van der Waals surface area contributed by atoms with Gasteiger partial charge in [-0.25, -0.2) is 0 Å². The molecule has 2 N–H and O–H groups in total. The van der Waals surface area contributed by atoms with Crippen molar-refractivity contribution in [3.8, 4) is 0 Å². The molecule has 0 aromatic heterocycles. The van der Waals surface area contributed by atoms with Gasteiger partial charge in [-0.15, -0.1) is 0 Å². The molecule has 2 aromatic rings. The number of carbonyl (C=O) groups is 1. The third-order valence-electron chi connectivity index (χ3n) is 4.73. The zero-order valence-corrected chi connectivity index (χ0v) is 18.4. The Morgan fingerprint density at radius 1 is 1.14 bits per heavy atom. The summed E-state index contributed by atoms with van der Waals surface area (Å²) in [6.45, 7) is 1.08. The number of benzene rings is 2. The molecular weight excluding hydrogens is 481 g/mol. The zero-order valence-electron chi connectivity index (χ0n) is 16.2. The molecule has 154 valence electrons. The summed E-state index contributed by atoms with van der Waals surface area (Å²) >= 11 is 2.26. The number of aliphatic hydroxyl groups is 1. The molecule has 0 fully saturated rings. The average Bonchev–Trinajstić information content (AvgIpc) is 2.76. The highest BCUT2D eigenvalue weighted by Gasteiger charge is 2.28. The van der Waals surface area contributed by atoms with Crippen molar-refractivity contribution in [1.82, 2.24) is 5.32 Å². The van der Waals surface area contributed by atoms with E-state index in [4.69, 9.17) is 14.6 Å². The minimum absolute atomic E-state index is 0.0480. The molecule has 3 rings (SSSR count). The second-order valence-corrected chi connectivity index (χ2v) is 8.19. The summed E-state index contributed by atoms with van der Waals surface area (Å²) < 4.78 is 12.8. The third-order valence-corrected chi connectivity index (χ3v) is 5.45. The quantitative estimate of drug-likeness (QED) is 0.396. The third kappa shape index (κ3) is 6.83. The van der Waals surface area contributed by atoms with Gasteiger partial charge in [0, 0.05) is 29.1 Å². The lowest BCUT2D eigenvalue weighted by Crippen LogP contribution is -2.32. The number of hydrogen-bond donors (Lipinski definition) is 2. The molecule has 0 radical (unpaired) electrons. The van der Waals surface area contributed by atoms with Gasteiger partial charge in [-0.2, -0.15) is 0 Å². The molecule has 0 unspecified atom stereocenters. The highest BCUT2D eigenvalue weighted by Crippen LogP contribution is 2.31. The summed E-state index contributed by atoms with van der Waals surface area (Å²) in [7, 11) is 0. The van der Waals surface area contributed by atoms with Gasteiger partial charge in [0.1, 0.15) is 0 Å². The van der Waals surface area contributed by atoms with E-state index in [1.54, 1.807) is 0 Å². The Morgan fingerprint density at radius 2 is 1.90 bits per heavy atom. The van der Waals surface area contributed by atoms with Crippen LogP contribution in [0.2, 0.25) is 0 Å². The smallest absolute Gasteiger partial charge is 0.286 e. The molecule has 2 atom stereocenters. The first kappa shape index (κ1) is 21.8. The minimum atomic E-state index is -0.483. The van der Waals surface area contributed by atoms with Crippen LogP contribution >= 0.6 is 22.6 Å². The van der Waals surface area contributed by atoms with Crippen LogP contribution in [0.3, 0.4) is 0 Å². The lowest BCUT2D eigenvalue weighted by Gasteiger charge is -2.29. The van der Waals surface area contributed by atoms with Gasteiger partial charge >= 0.3 is 0 Å². The van der Waals surface area contributed by atoms with Gasteiger partial charge in [0.25, 0.3) is 5.91 Å². The maximum atomic E-state index is 12.7. The molecule has 2 aromatic carbocycles. The molecule has 1 amide bonds. The van der Waals surface area contributed by atoms with Crippen molar-refractivity contribution in [1.29, 1.82) is 0 Å². The van der Waals surface area contributed by atoms with E-state index in [1.807, 2.05) is 48.5 Å². The number of halogens is 1. The number of amides is 1. The van der Waals surface area contributed by atoms with Gasteiger partial charge in [-0.3, -0.25) is 4.79 Å². The van der Waals surface area contributed by atoms with Gasteiger partial charge in [0.2, 0.25) is 6.29 Å². The molecule has 0 saturated heterocycles. The van der Waals surface area contributed by atoms with E-state index < -0.39 is 6.29 Å². The molecule has 0 aliphatic carbocycles. The number of ether oxygens (including phenoxy) is 2. The summed E-state index contributed by atoms with van der Waals surface area (Å²) in [5, 5.41) is 11.9. The number of allylic oxidation sites excluding steroid dienone is 1. The fourth-order valence-corrected chi connectivity index (χ4v) is 3.51. The molecule has 1 heterocycles. The van der Waals surface area contributed by atoms with E-state index in [0.717, 1.165) is 21.1 Å². The first-order valence-electron chi connectivity index (χ1n) is 9.84. The van der Waals surface area contributed by atoms with Crippen LogP contribution in [0.15, 0.2) is 66.4 Å². The van der Waals surface area contributed by atoms with Gasteiger partial charge in [-0.05, 0) is 64.8 Å². The molecule has 29 heavy (non-hydrogen) atoms. The Bertz CT molecular complexity index is 807.